The van der Waals surface area contributed by atoms with Crippen molar-refractivity contribution in [2.75, 3.05) is 12.8 Å². The molecule has 3 nitrogen and oxygen atoms in total. The van der Waals surface area contributed by atoms with Crippen LogP contribution in [0.2, 0.25) is 0 Å². The largest absolute Gasteiger partial charge is 0.310 e. The number of rotatable bonds is 7. The second kappa shape index (κ2) is 7.20. The van der Waals surface area contributed by atoms with Gasteiger partial charge in [0.05, 0.1) is 4.90 Å². The highest BCUT2D eigenvalue weighted by Crippen LogP contribution is 2.22. The first-order valence-corrected chi connectivity index (χ1v) is 9.88. The predicted molar refractivity (Wildman–Crippen MR) is 88.6 cm³/mol. The quantitative estimate of drug-likeness (QED) is 0.849. The number of benzene rings is 1. The van der Waals surface area contributed by atoms with Gasteiger partial charge in [-0.3, -0.25) is 0 Å². The standard InChI is InChI=1S/C16H21NO2S2/c1-3-8-17-16(10-13-7-9-20-12-13)14-5-4-6-15(11-14)21(2,18)19/h4-7,9,11-12,16-17H,3,8,10H2,1-2H3. The first kappa shape index (κ1) is 16.2. The summed E-state index contributed by atoms with van der Waals surface area (Å²) in [4.78, 5) is 0.383. The fraction of sp³-hybridized carbons (Fsp3) is 0.375. The van der Waals surface area contributed by atoms with E-state index in [0.29, 0.717) is 4.90 Å². The van der Waals surface area contributed by atoms with E-state index >= 15 is 0 Å². The van der Waals surface area contributed by atoms with E-state index in [1.165, 1.54) is 11.8 Å². The van der Waals surface area contributed by atoms with Crippen molar-refractivity contribution in [2.24, 2.45) is 0 Å². The summed E-state index contributed by atoms with van der Waals surface area (Å²) in [6, 6.07) is 9.51. The maximum absolute atomic E-state index is 11.7. The lowest BCUT2D eigenvalue weighted by molar-refractivity contribution is 0.528. The van der Waals surface area contributed by atoms with Gasteiger partial charge < -0.3 is 5.32 Å². The third-order valence-electron chi connectivity index (χ3n) is 3.35. The van der Waals surface area contributed by atoms with E-state index in [9.17, 15) is 8.42 Å². The highest BCUT2D eigenvalue weighted by atomic mass is 32.2. The van der Waals surface area contributed by atoms with Gasteiger partial charge in [0.25, 0.3) is 0 Å². The van der Waals surface area contributed by atoms with Gasteiger partial charge in [-0.15, -0.1) is 0 Å². The molecule has 0 spiro atoms. The Kier molecular flexibility index (Phi) is 5.56. The van der Waals surface area contributed by atoms with Crippen molar-refractivity contribution in [3.05, 3.63) is 52.2 Å². The Labute approximate surface area is 130 Å². The van der Waals surface area contributed by atoms with E-state index in [-0.39, 0.29) is 6.04 Å². The average Bonchev–Trinajstić information content (AvgIpc) is 2.95. The molecule has 0 saturated heterocycles. The normalized spacial score (nSPS) is 13.2. The Morgan fingerprint density at radius 1 is 1.29 bits per heavy atom. The van der Waals surface area contributed by atoms with Crippen LogP contribution in [0.5, 0.6) is 0 Å². The zero-order valence-electron chi connectivity index (χ0n) is 12.4. The van der Waals surface area contributed by atoms with Crippen molar-refractivity contribution in [1.29, 1.82) is 0 Å². The Hall–Kier alpha value is -1.17. The van der Waals surface area contributed by atoms with Crippen molar-refractivity contribution in [1.82, 2.24) is 5.32 Å². The summed E-state index contributed by atoms with van der Waals surface area (Å²) < 4.78 is 23.4. The smallest absolute Gasteiger partial charge is 0.175 e. The van der Waals surface area contributed by atoms with Gasteiger partial charge in [-0.2, -0.15) is 11.3 Å². The molecule has 1 N–H and O–H groups in total. The summed E-state index contributed by atoms with van der Waals surface area (Å²) in [6.45, 7) is 3.04. The first-order chi connectivity index (χ1) is 10.0. The molecule has 1 unspecified atom stereocenters. The van der Waals surface area contributed by atoms with E-state index in [1.54, 1.807) is 23.5 Å². The predicted octanol–water partition coefficient (Wildman–Crippen LogP) is 3.44. The van der Waals surface area contributed by atoms with Crippen LogP contribution in [0.25, 0.3) is 0 Å². The molecule has 114 valence electrons. The lowest BCUT2D eigenvalue weighted by Gasteiger charge is -2.19. The molecule has 0 bridgehead atoms. The van der Waals surface area contributed by atoms with Gasteiger partial charge in [0.15, 0.2) is 9.84 Å². The van der Waals surface area contributed by atoms with Crippen LogP contribution in [-0.4, -0.2) is 21.2 Å². The molecule has 2 aromatic rings. The minimum Gasteiger partial charge on any atom is -0.310 e. The lowest BCUT2D eigenvalue weighted by atomic mass is 10.0. The van der Waals surface area contributed by atoms with Gasteiger partial charge in [0.1, 0.15) is 0 Å². The van der Waals surface area contributed by atoms with E-state index < -0.39 is 9.84 Å². The first-order valence-electron chi connectivity index (χ1n) is 7.05. The molecule has 0 aliphatic carbocycles. The van der Waals surface area contributed by atoms with Gasteiger partial charge in [0, 0.05) is 12.3 Å². The second-order valence-corrected chi connectivity index (χ2v) is 7.98. The van der Waals surface area contributed by atoms with Crippen LogP contribution in [0, 0.1) is 0 Å². The van der Waals surface area contributed by atoms with Crippen molar-refractivity contribution in [2.45, 2.75) is 30.7 Å². The van der Waals surface area contributed by atoms with Gasteiger partial charge in [-0.25, -0.2) is 8.42 Å². The minimum atomic E-state index is -3.17. The van der Waals surface area contributed by atoms with Gasteiger partial charge in [0.2, 0.25) is 0 Å². The zero-order valence-corrected chi connectivity index (χ0v) is 14.0. The minimum absolute atomic E-state index is 0.140. The SMILES string of the molecule is CCCNC(Cc1ccsc1)c1cccc(S(C)(=O)=O)c1. The summed E-state index contributed by atoms with van der Waals surface area (Å²) in [5, 5.41) is 7.72. The molecule has 2 rings (SSSR count). The zero-order chi connectivity index (χ0) is 15.3. The van der Waals surface area contributed by atoms with Crippen LogP contribution in [-0.2, 0) is 16.3 Å². The van der Waals surface area contributed by atoms with Gasteiger partial charge in [-0.1, -0.05) is 19.1 Å². The van der Waals surface area contributed by atoms with Crippen LogP contribution in [0.15, 0.2) is 46.0 Å². The second-order valence-electron chi connectivity index (χ2n) is 5.19. The summed E-state index contributed by atoms with van der Waals surface area (Å²) in [5.41, 5.74) is 2.30. The van der Waals surface area contributed by atoms with Crippen molar-refractivity contribution in [3.8, 4) is 0 Å². The maximum Gasteiger partial charge on any atom is 0.175 e. The number of sulfone groups is 1. The van der Waals surface area contributed by atoms with Crippen LogP contribution in [0.4, 0.5) is 0 Å². The Morgan fingerprint density at radius 3 is 2.71 bits per heavy atom. The molecule has 1 heterocycles. The average molecular weight is 323 g/mol. The monoisotopic (exact) mass is 323 g/mol. The maximum atomic E-state index is 11.7. The van der Waals surface area contributed by atoms with Crippen molar-refractivity contribution in [3.63, 3.8) is 0 Å². The number of nitrogens with one attached hydrogen (secondary N) is 1. The molecule has 0 amide bonds. The van der Waals surface area contributed by atoms with E-state index in [0.717, 1.165) is 24.9 Å². The highest BCUT2D eigenvalue weighted by molar-refractivity contribution is 7.90. The number of thiophene rings is 1. The molecule has 21 heavy (non-hydrogen) atoms. The molecule has 1 aromatic carbocycles. The summed E-state index contributed by atoms with van der Waals surface area (Å²) in [5.74, 6) is 0. The van der Waals surface area contributed by atoms with E-state index in [1.807, 2.05) is 12.1 Å². The topological polar surface area (TPSA) is 46.2 Å². The molecular weight excluding hydrogens is 302 g/mol. The Bertz CT molecular complexity index is 663. The van der Waals surface area contributed by atoms with Crippen molar-refractivity contribution < 1.29 is 8.42 Å². The van der Waals surface area contributed by atoms with Crippen LogP contribution >= 0.6 is 11.3 Å². The number of hydrogen-bond acceptors (Lipinski definition) is 4. The summed E-state index contributed by atoms with van der Waals surface area (Å²) >= 11 is 1.68. The Morgan fingerprint density at radius 2 is 2.10 bits per heavy atom. The fourth-order valence-corrected chi connectivity index (χ4v) is 3.59. The molecule has 0 saturated carbocycles. The van der Waals surface area contributed by atoms with E-state index in [4.69, 9.17) is 0 Å². The third kappa shape index (κ3) is 4.66. The molecule has 1 atom stereocenters. The Balaban J connectivity index is 2.27. The lowest BCUT2D eigenvalue weighted by Crippen LogP contribution is -2.24. The van der Waals surface area contributed by atoms with Gasteiger partial charge >= 0.3 is 0 Å². The van der Waals surface area contributed by atoms with Crippen LogP contribution in [0.3, 0.4) is 0 Å². The number of hydrogen-bond donors (Lipinski definition) is 1. The van der Waals surface area contributed by atoms with Crippen LogP contribution < -0.4 is 5.32 Å². The highest BCUT2D eigenvalue weighted by Gasteiger charge is 2.15. The molecule has 0 aliphatic heterocycles. The van der Waals surface area contributed by atoms with E-state index in [2.05, 4.69) is 29.1 Å². The fourth-order valence-electron chi connectivity index (χ4n) is 2.23. The molecule has 1 aromatic heterocycles. The summed E-state index contributed by atoms with van der Waals surface area (Å²) in [6.07, 6.45) is 3.17. The molecule has 0 aliphatic rings. The molecule has 5 heteroatoms. The summed E-state index contributed by atoms with van der Waals surface area (Å²) in [7, 11) is -3.17. The molecule has 0 radical (unpaired) electrons. The van der Waals surface area contributed by atoms with Gasteiger partial charge in [-0.05, 0) is 59.5 Å². The van der Waals surface area contributed by atoms with Crippen molar-refractivity contribution >= 4 is 21.2 Å². The molecular formula is C16H21NO2S2. The van der Waals surface area contributed by atoms with Crippen LogP contribution in [0.1, 0.15) is 30.5 Å². The molecule has 0 fully saturated rings. The third-order valence-corrected chi connectivity index (χ3v) is 5.19.